The number of nitrogens with one attached hydrogen (secondary N) is 1. The van der Waals surface area contributed by atoms with Crippen LogP contribution in [0.4, 0.5) is 4.79 Å². The zero-order valence-corrected chi connectivity index (χ0v) is 18.6. The van der Waals surface area contributed by atoms with E-state index in [1.54, 1.807) is 6.08 Å². The summed E-state index contributed by atoms with van der Waals surface area (Å²) < 4.78 is 2.19. The zero-order chi connectivity index (χ0) is 22.3. The highest BCUT2D eigenvalue weighted by atomic mass is 16.2. The molecule has 3 aromatic rings. The number of hydrogen-bond acceptors (Lipinski definition) is 2. The third-order valence-corrected chi connectivity index (χ3v) is 6.01. The lowest BCUT2D eigenvalue weighted by Gasteiger charge is -2.14. The van der Waals surface area contributed by atoms with Crippen molar-refractivity contribution in [3.05, 3.63) is 93.4 Å². The van der Waals surface area contributed by atoms with Crippen LogP contribution in [0, 0.1) is 34.6 Å². The molecule has 0 bridgehead atoms. The number of nitrogens with zero attached hydrogens (tertiary/aromatic N) is 2. The molecule has 1 N–H and O–H groups in total. The predicted molar refractivity (Wildman–Crippen MR) is 123 cm³/mol. The van der Waals surface area contributed by atoms with Gasteiger partial charge < -0.3 is 9.88 Å². The van der Waals surface area contributed by atoms with Crippen LogP contribution >= 0.6 is 0 Å². The molecule has 0 saturated carbocycles. The van der Waals surface area contributed by atoms with Gasteiger partial charge in [-0.25, -0.2) is 4.79 Å². The van der Waals surface area contributed by atoms with Gasteiger partial charge in [0.1, 0.15) is 5.70 Å². The molecule has 1 aliphatic rings. The first-order chi connectivity index (χ1) is 14.8. The lowest BCUT2D eigenvalue weighted by molar-refractivity contribution is -0.123. The molecule has 158 valence electrons. The van der Waals surface area contributed by atoms with Crippen molar-refractivity contribution in [1.29, 1.82) is 0 Å². The quantitative estimate of drug-likeness (QED) is 0.477. The van der Waals surface area contributed by atoms with E-state index in [1.807, 2.05) is 44.2 Å². The van der Waals surface area contributed by atoms with Crippen LogP contribution in [-0.2, 0) is 11.3 Å². The van der Waals surface area contributed by atoms with Gasteiger partial charge in [0.2, 0.25) is 0 Å². The van der Waals surface area contributed by atoms with Crippen LogP contribution in [0.25, 0.3) is 11.8 Å². The molecule has 31 heavy (non-hydrogen) atoms. The smallest absolute Gasteiger partial charge is 0.318 e. The number of rotatable bonds is 4. The van der Waals surface area contributed by atoms with Crippen molar-refractivity contribution in [2.75, 3.05) is 0 Å². The van der Waals surface area contributed by atoms with E-state index >= 15 is 0 Å². The van der Waals surface area contributed by atoms with Crippen molar-refractivity contribution in [3.8, 4) is 5.69 Å². The molecule has 0 atom stereocenters. The molecule has 3 amide bonds. The van der Waals surface area contributed by atoms with E-state index in [4.69, 9.17) is 0 Å². The maximum Gasteiger partial charge on any atom is 0.329 e. The molecule has 5 nitrogen and oxygen atoms in total. The first-order valence-corrected chi connectivity index (χ1v) is 10.4. The van der Waals surface area contributed by atoms with E-state index in [-0.39, 0.29) is 18.5 Å². The normalized spacial score (nSPS) is 15.1. The number of aryl methyl sites for hydroxylation is 3. The number of aromatic nitrogens is 1. The molecule has 1 saturated heterocycles. The number of urea groups is 1. The summed E-state index contributed by atoms with van der Waals surface area (Å²) in [6, 6.07) is 15.8. The highest BCUT2D eigenvalue weighted by Gasteiger charge is 2.33. The van der Waals surface area contributed by atoms with Crippen molar-refractivity contribution < 1.29 is 9.59 Å². The van der Waals surface area contributed by atoms with Crippen LogP contribution in [0.5, 0.6) is 0 Å². The lowest BCUT2D eigenvalue weighted by atomic mass is 10.1. The van der Waals surface area contributed by atoms with Gasteiger partial charge in [0.25, 0.3) is 5.91 Å². The minimum atomic E-state index is -0.389. The van der Waals surface area contributed by atoms with Gasteiger partial charge >= 0.3 is 6.03 Å². The van der Waals surface area contributed by atoms with E-state index < -0.39 is 0 Å². The number of benzene rings is 2. The Morgan fingerprint density at radius 3 is 2.35 bits per heavy atom. The summed E-state index contributed by atoms with van der Waals surface area (Å²) in [5, 5.41) is 2.74. The fraction of sp³-hybridized carbons (Fsp3) is 0.231. The molecular weight excluding hydrogens is 386 g/mol. The Balaban J connectivity index is 1.65. The molecule has 1 aliphatic heterocycles. The summed E-state index contributed by atoms with van der Waals surface area (Å²) in [5.41, 5.74) is 8.96. The number of amides is 3. The molecule has 0 unspecified atom stereocenters. The molecule has 4 rings (SSSR count). The maximum atomic E-state index is 12.9. The van der Waals surface area contributed by atoms with Crippen molar-refractivity contribution in [3.63, 3.8) is 0 Å². The third kappa shape index (κ3) is 3.79. The van der Waals surface area contributed by atoms with Gasteiger partial charge in [-0.05, 0) is 75.1 Å². The standard InChI is InChI=1S/C26H27N3O2/c1-16-9-11-21(12-10-16)15-28-25(30)23(27-26(28)31)14-22-13-18(3)29(20(22)5)24-8-6-7-17(2)19(24)4/h6-14H,15H2,1-5H3,(H,27,31)/b23-14+. The van der Waals surface area contributed by atoms with Crippen LogP contribution in [0.15, 0.2) is 54.2 Å². The predicted octanol–water partition coefficient (Wildman–Crippen LogP) is 5.11. The molecule has 1 fully saturated rings. The molecule has 2 aromatic carbocycles. The molecule has 1 aromatic heterocycles. The van der Waals surface area contributed by atoms with Gasteiger partial charge in [0.05, 0.1) is 6.54 Å². The van der Waals surface area contributed by atoms with Crippen LogP contribution in [0.1, 0.15) is 39.2 Å². The first-order valence-electron chi connectivity index (χ1n) is 10.4. The van der Waals surface area contributed by atoms with Crippen LogP contribution in [0.3, 0.4) is 0 Å². The fourth-order valence-electron chi connectivity index (χ4n) is 4.03. The molecule has 0 aliphatic carbocycles. The van der Waals surface area contributed by atoms with E-state index in [0.29, 0.717) is 5.70 Å². The number of carbonyl (C=O) groups excluding carboxylic acids is 2. The summed E-state index contributed by atoms with van der Waals surface area (Å²) in [6.45, 7) is 10.6. The van der Waals surface area contributed by atoms with Crippen molar-refractivity contribution in [1.82, 2.24) is 14.8 Å². The summed E-state index contributed by atoms with van der Waals surface area (Å²) >= 11 is 0. The van der Waals surface area contributed by atoms with E-state index in [1.165, 1.54) is 16.0 Å². The monoisotopic (exact) mass is 413 g/mol. The summed E-state index contributed by atoms with van der Waals surface area (Å²) in [4.78, 5) is 26.6. The molecule has 0 radical (unpaired) electrons. The van der Waals surface area contributed by atoms with Gasteiger partial charge in [-0.2, -0.15) is 0 Å². The molecule has 0 spiro atoms. The molecule has 2 heterocycles. The van der Waals surface area contributed by atoms with E-state index in [9.17, 15) is 9.59 Å². The zero-order valence-electron chi connectivity index (χ0n) is 18.6. The van der Waals surface area contributed by atoms with Crippen LogP contribution in [-0.4, -0.2) is 21.4 Å². The Morgan fingerprint density at radius 1 is 0.935 bits per heavy atom. The van der Waals surface area contributed by atoms with Gasteiger partial charge in [0, 0.05) is 17.1 Å². The molecule has 5 heteroatoms. The average molecular weight is 414 g/mol. The summed E-state index contributed by atoms with van der Waals surface area (Å²) in [5.74, 6) is -0.304. The Morgan fingerprint density at radius 2 is 1.65 bits per heavy atom. The first kappa shape index (κ1) is 20.7. The van der Waals surface area contributed by atoms with Gasteiger partial charge in [-0.15, -0.1) is 0 Å². The largest absolute Gasteiger partial charge is 0.329 e. The maximum absolute atomic E-state index is 12.9. The number of imide groups is 1. The minimum absolute atomic E-state index is 0.254. The van der Waals surface area contributed by atoms with Gasteiger partial charge in [0.15, 0.2) is 0 Å². The minimum Gasteiger partial charge on any atom is -0.318 e. The second-order valence-electron chi connectivity index (χ2n) is 8.25. The topological polar surface area (TPSA) is 54.3 Å². The van der Waals surface area contributed by atoms with Crippen LogP contribution in [0.2, 0.25) is 0 Å². The van der Waals surface area contributed by atoms with Gasteiger partial charge in [-0.3, -0.25) is 9.69 Å². The van der Waals surface area contributed by atoms with Crippen molar-refractivity contribution >= 4 is 18.0 Å². The van der Waals surface area contributed by atoms with E-state index in [0.717, 1.165) is 33.8 Å². The van der Waals surface area contributed by atoms with Crippen molar-refractivity contribution in [2.45, 2.75) is 41.2 Å². The number of carbonyl (C=O) groups is 2. The van der Waals surface area contributed by atoms with Gasteiger partial charge in [-0.1, -0.05) is 42.0 Å². The highest BCUT2D eigenvalue weighted by Crippen LogP contribution is 2.27. The Hall–Kier alpha value is -3.60. The lowest BCUT2D eigenvalue weighted by Crippen LogP contribution is -2.30. The van der Waals surface area contributed by atoms with Crippen molar-refractivity contribution in [2.24, 2.45) is 0 Å². The Kier molecular flexibility index (Phi) is 5.27. The SMILES string of the molecule is Cc1ccc(CN2C(=O)N/C(=C/c3cc(C)n(-c4cccc(C)c4C)c3C)C2=O)cc1. The molecular formula is C26H27N3O2. The van der Waals surface area contributed by atoms with E-state index in [2.05, 4.69) is 48.9 Å². The summed E-state index contributed by atoms with van der Waals surface area (Å²) in [6.07, 6.45) is 1.78. The number of hydrogen-bond donors (Lipinski definition) is 1. The Labute approximate surface area is 183 Å². The fourth-order valence-corrected chi connectivity index (χ4v) is 4.03. The highest BCUT2D eigenvalue weighted by molar-refractivity contribution is 6.14. The summed E-state index contributed by atoms with van der Waals surface area (Å²) in [7, 11) is 0. The third-order valence-electron chi connectivity index (χ3n) is 6.01. The van der Waals surface area contributed by atoms with Crippen LogP contribution < -0.4 is 5.32 Å². The Bertz CT molecular complexity index is 1220. The average Bonchev–Trinajstić information content (AvgIpc) is 3.15. The second kappa shape index (κ2) is 7.91. The second-order valence-corrected chi connectivity index (χ2v) is 8.25.